The van der Waals surface area contributed by atoms with Crippen molar-refractivity contribution in [3.63, 3.8) is 0 Å². The van der Waals surface area contributed by atoms with Crippen molar-refractivity contribution in [3.8, 4) is 0 Å². The van der Waals surface area contributed by atoms with E-state index in [1.165, 1.54) is 4.90 Å². The molecule has 1 unspecified atom stereocenters. The van der Waals surface area contributed by atoms with Crippen molar-refractivity contribution in [1.29, 1.82) is 0 Å². The van der Waals surface area contributed by atoms with E-state index >= 15 is 0 Å². The second-order valence-corrected chi connectivity index (χ2v) is 7.74. The fourth-order valence-corrected chi connectivity index (χ4v) is 3.79. The lowest BCUT2D eigenvalue weighted by molar-refractivity contribution is -0.130. The van der Waals surface area contributed by atoms with Crippen LogP contribution in [0.25, 0.3) is 0 Å². The van der Waals surface area contributed by atoms with Crippen molar-refractivity contribution >= 4 is 17.7 Å². The molecule has 2 aliphatic heterocycles. The van der Waals surface area contributed by atoms with Gasteiger partial charge in [0, 0.05) is 44.2 Å². The molecule has 8 heteroatoms. The Balaban J connectivity index is 1.51. The fourth-order valence-electron chi connectivity index (χ4n) is 3.79. The summed E-state index contributed by atoms with van der Waals surface area (Å²) in [6.07, 6.45) is 1.33. The van der Waals surface area contributed by atoms with Gasteiger partial charge < -0.3 is 15.1 Å². The van der Waals surface area contributed by atoms with Crippen molar-refractivity contribution in [3.05, 3.63) is 35.4 Å². The normalized spacial score (nSPS) is 20.8. The van der Waals surface area contributed by atoms with Crippen LogP contribution in [0.4, 0.5) is 8.78 Å². The molecule has 152 valence electrons. The van der Waals surface area contributed by atoms with E-state index in [0.717, 1.165) is 12.1 Å². The van der Waals surface area contributed by atoms with Crippen molar-refractivity contribution in [2.24, 2.45) is 5.92 Å². The summed E-state index contributed by atoms with van der Waals surface area (Å²) in [5.41, 5.74) is -0.151. The van der Waals surface area contributed by atoms with Crippen molar-refractivity contribution in [1.82, 2.24) is 15.1 Å². The van der Waals surface area contributed by atoms with Gasteiger partial charge in [-0.2, -0.15) is 0 Å². The summed E-state index contributed by atoms with van der Waals surface area (Å²) in [4.78, 5) is 40.1. The average molecular weight is 393 g/mol. The molecule has 2 saturated heterocycles. The highest BCUT2D eigenvalue weighted by atomic mass is 19.1. The molecule has 3 rings (SSSR count). The zero-order chi connectivity index (χ0) is 20.4. The molecule has 3 amide bonds. The van der Waals surface area contributed by atoms with Crippen molar-refractivity contribution < 1.29 is 23.2 Å². The summed E-state index contributed by atoms with van der Waals surface area (Å²) < 4.78 is 26.8. The van der Waals surface area contributed by atoms with Gasteiger partial charge in [0.2, 0.25) is 11.8 Å². The Labute approximate surface area is 162 Å². The number of nitrogens with one attached hydrogen (secondary N) is 1. The minimum atomic E-state index is -0.874. The molecule has 2 heterocycles. The quantitative estimate of drug-likeness (QED) is 0.850. The highest BCUT2D eigenvalue weighted by molar-refractivity contribution is 5.94. The first-order valence-corrected chi connectivity index (χ1v) is 9.60. The number of nitrogens with zero attached hydrogens (tertiary/aromatic N) is 2. The predicted octanol–water partition coefficient (Wildman–Crippen LogP) is 1.94. The number of halogens is 2. The number of likely N-dealkylation sites (tertiary alicyclic amines) is 2. The minimum Gasteiger partial charge on any atom is -0.353 e. The Morgan fingerprint density at radius 1 is 1.18 bits per heavy atom. The Bertz CT molecular complexity index is 776. The third-order valence-corrected chi connectivity index (χ3v) is 5.44. The number of carbonyl (C=O) groups excluding carboxylic acids is 3. The van der Waals surface area contributed by atoms with E-state index in [0.29, 0.717) is 38.5 Å². The molecule has 1 atom stereocenters. The first-order valence-electron chi connectivity index (χ1n) is 9.60. The van der Waals surface area contributed by atoms with E-state index in [1.54, 1.807) is 4.90 Å². The zero-order valence-electron chi connectivity index (χ0n) is 16.1. The maximum Gasteiger partial charge on any atom is 0.256 e. The van der Waals surface area contributed by atoms with Crippen LogP contribution in [0.5, 0.6) is 0 Å². The molecular formula is C20H25F2N3O3. The van der Waals surface area contributed by atoms with Gasteiger partial charge in [-0.3, -0.25) is 14.4 Å². The summed E-state index contributed by atoms with van der Waals surface area (Å²) in [5.74, 6) is -2.56. The SMILES string of the molecule is CC(C)N1CC(C(=O)NC2CCN(C(=O)c3ccc(F)cc3F)CC2)CC1=O. The molecule has 0 spiro atoms. The van der Waals surface area contributed by atoms with Gasteiger partial charge in [-0.15, -0.1) is 0 Å². The van der Waals surface area contributed by atoms with Gasteiger partial charge in [0.15, 0.2) is 0 Å². The van der Waals surface area contributed by atoms with Crippen LogP contribution >= 0.6 is 0 Å². The van der Waals surface area contributed by atoms with Crippen LogP contribution in [-0.4, -0.2) is 59.2 Å². The average Bonchev–Trinajstić information content (AvgIpc) is 3.04. The number of amides is 3. The summed E-state index contributed by atoms with van der Waals surface area (Å²) >= 11 is 0. The lowest BCUT2D eigenvalue weighted by atomic mass is 10.0. The Hall–Kier alpha value is -2.51. The molecule has 0 aliphatic carbocycles. The molecule has 2 fully saturated rings. The standard InChI is InChI=1S/C20H25F2N3O3/c1-12(2)25-11-13(9-18(25)26)19(27)23-15-5-7-24(8-6-15)20(28)16-4-3-14(21)10-17(16)22/h3-4,10,12-13,15H,5-9,11H2,1-2H3,(H,23,27). The predicted molar refractivity (Wildman–Crippen MR) is 98.4 cm³/mol. The topological polar surface area (TPSA) is 69.7 Å². The van der Waals surface area contributed by atoms with Crippen LogP contribution in [0.15, 0.2) is 18.2 Å². The van der Waals surface area contributed by atoms with Crippen molar-refractivity contribution in [2.75, 3.05) is 19.6 Å². The number of benzene rings is 1. The third-order valence-electron chi connectivity index (χ3n) is 5.44. The van der Waals surface area contributed by atoms with Crippen LogP contribution in [0.1, 0.15) is 43.5 Å². The largest absolute Gasteiger partial charge is 0.353 e. The lowest BCUT2D eigenvalue weighted by Gasteiger charge is -2.33. The molecule has 28 heavy (non-hydrogen) atoms. The molecule has 1 N–H and O–H groups in total. The minimum absolute atomic E-state index is 0.00288. The molecular weight excluding hydrogens is 368 g/mol. The first kappa shape index (κ1) is 20.2. The second kappa shape index (κ2) is 8.24. The van der Waals surface area contributed by atoms with Gasteiger partial charge in [-0.25, -0.2) is 8.78 Å². The number of hydrogen-bond acceptors (Lipinski definition) is 3. The molecule has 2 aliphatic rings. The summed E-state index contributed by atoms with van der Waals surface area (Å²) in [6.45, 7) is 5.04. The molecule has 1 aromatic rings. The highest BCUT2D eigenvalue weighted by Gasteiger charge is 2.36. The Morgan fingerprint density at radius 3 is 2.43 bits per heavy atom. The van der Waals surface area contributed by atoms with Gasteiger partial charge in [-0.1, -0.05) is 0 Å². The maximum atomic E-state index is 13.8. The van der Waals surface area contributed by atoms with Gasteiger partial charge in [0.1, 0.15) is 11.6 Å². The van der Waals surface area contributed by atoms with E-state index in [4.69, 9.17) is 0 Å². The van der Waals surface area contributed by atoms with Crippen LogP contribution in [-0.2, 0) is 9.59 Å². The first-order chi connectivity index (χ1) is 13.3. The van der Waals surface area contributed by atoms with Crippen LogP contribution in [0.3, 0.4) is 0 Å². The Kier molecular flexibility index (Phi) is 5.96. The molecule has 0 aromatic heterocycles. The molecule has 0 saturated carbocycles. The number of carbonyl (C=O) groups is 3. The van der Waals surface area contributed by atoms with Crippen LogP contribution in [0.2, 0.25) is 0 Å². The smallest absolute Gasteiger partial charge is 0.256 e. The lowest BCUT2D eigenvalue weighted by Crippen LogP contribution is -2.48. The fraction of sp³-hybridized carbons (Fsp3) is 0.550. The summed E-state index contributed by atoms with van der Waals surface area (Å²) in [5, 5.41) is 2.98. The molecule has 0 bridgehead atoms. The van der Waals surface area contributed by atoms with Gasteiger partial charge in [-0.05, 0) is 38.8 Å². The Morgan fingerprint density at radius 2 is 1.86 bits per heavy atom. The van der Waals surface area contributed by atoms with Gasteiger partial charge >= 0.3 is 0 Å². The summed E-state index contributed by atoms with van der Waals surface area (Å²) in [7, 11) is 0. The van der Waals surface area contributed by atoms with E-state index in [-0.39, 0.29) is 41.8 Å². The molecule has 1 aromatic carbocycles. The number of piperidine rings is 1. The van der Waals surface area contributed by atoms with E-state index < -0.39 is 17.5 Å². The van der Waals surface area contributed by atoms with E-state index in [2.05, 4.69) is 5.32 Å². The highest BCUT2D eigenvalue weighted by Crippen LogP contribution is 2.22. The maximum absolute atomic E-state index is 13.8. The molecule has 6 nitrogen and oxygen atoms in total. The van der Waals surface area contributed by atoms with E-state index in [9.17, 15) is 23.2 Å². The van der Waals surface area contributed by atoms with Gasteiger partial charge in [0.05, 0.1) is 11.5 Å². The van der Waals surface area contributed by atoms with Crippen LogP contribution in [0, 0.1) is 17.6 Å². The third kappa shape index (κ3) is 4.31. The van der Waals surface area contributed by atoms with E-state index in [1.807, 2.05) is 13.8 Å². The summed E-state index contributed by atoms with van der Waals surface area (Å²) in [6, 6.07) is 2.90. The number of rotatable bonds is 4. The van der Waals surface area contributed by atoms with Crippen molar-refractivity contribution in [2.45, 2.75) is 45.2 Å². The number of hydrogen-bond donors (Lipinski definition) is 1. The monoisotopic (exact) mass is 393 g/mol. The van der Waals surface area contributed by atoms with Crippen LogP contribution < -0.4 is 5.32 Å². The zero-order valence-corrected chi connectivity index (χ0v) is 16.1. The van der Waals surface area contributed by atoms with Gasteiger partial charge in [0.25, 0.3) is 5.91 Å². The molecule has 0 radical (unpaired) electrons. The second-order valence-electron chi connectivity index (χ2n) is 7.74.